The minimum Gasteiger partial charge on any atom is -0.371 e. The summed E-state index contributed by atoms with van der Waals surface area (Å²) in [6.45, 7) is 1.16. The van der Waals surface area contributed by atoms with Crippen LogP contribution in [-0.2, 0) is 0 Å². The predicted molar refractivity (Wildman–Crippen MR) is 116 cm³/mol. The molecule has 0 unspecified atom stereocenters. The molecule has 28 heavy (non-hydrogen) atoms. The molecule has 2 aromatic heterocycles. The van der Waals surface area contributed by atoms with Crippen LogP contribution in [0.3, 0.4) is 0 Å². The van der Waals surface area contributed by atoms with Crippen LogP contribution in [0.4, 0.5) is 5.82 Å². The number of hydrogen-bond acceptors (Lipinski definition) is 3. The molecule has 4 aromatic rings. The Hall–Kier alpha value is -3.06. The molecule has 142 valence electrons. The molecule has 4 rings (SSSR count). The Kier molecular flexibility index (Phi) is 5.16. The van der Waals surface area contributed by atoms with Crippen LogP contribution in [0.5, 0.6) is 0 Å². The number of carbonyl (C=O) groups is 1. The fraction of sp³-hybridized carbons (Fsp3) is 0.143. The highest BCUT2D eigenvalue weighted by Gasteiger charge is 2.09. The SMILES string of the molecule is O=C(NCCCNc1cc(=O)c2ccccc2[nH]1)c1cc2cc(Br)ccc2[nH]1. The first kappa shape index (κ1) is 18.3. The molecule has 0 fully saturated rings. The normalized spacial score (nSPS) is 11.0. The zero-order valence-electron chi connectivity index (χ0n) is 15.0. The number of H-pyrrole nitrogens is 2. The molecule has 6 nitrogen and oxygen atoms in total. The van der Waals surface area contributed by atoms with Gasteiger partial charge in [0.05, 0.1) is 5.52 Å². The van der Waals surface area contributed by atoms with Gasteiger partial charge in [0.1, 0.15) is 11.5 Å². The first-order valence-corrected chi connectivity index (χ1v) is 9.82. The number of carbonyl (C=O) groups excluding carboxylic acids is 1. The van der Waals surface area contributed by atoms with Gasteiger partial charge in [-0.05, 0) is 42.8 Å². The van der Waals surface area contributed by atoms with Crippen LogP contribution in [-0.4, -0.2) is 29.0 Å². The first-order valence-electron chi connectivity index (χ1n) is 9.02. The van der Waals surface area contributed by atoms with Crippen molar-refractivity contribution in [1.82, 2.24) is 15.3 Å². The van der Waals surface area contributed by atoms with Crippen LogP contribution in [0.2, 0.25) is 0 Å². The maximum Gasteiger partial charge on any atom is 0.267 e. The van der Waals surface area contributed by atoms with E-state index in [4.69, 9.17) is 0 Å². The molecule has 0 aliphatic rings. The Morgan fingerprint density at radius 1 is 0.964 bits per heavy atom. The average Bonchev–Trinajstić information content (AvgIpc) is 3.11. The molecule has 0 bridgehead atoms. The van der Waals surface area contributed by atoms with E-state index in [9.17, 15) is 9.59 Å². The van der Waals surface area contributed by atoms with Crippen LogP contribution in [0.25, 0.3) is 21.8 Å². The molecule has 0 saturated carbocycles. The minimum absolute atomic E-state index is 0.0180. The first-order chi connectivity index (χ1) is 13.6. The van der Waals surface area contributed by atoms with E-state index in [2.05, 4.69) is 36.5 Å². The van der Waals surface area contributed by atoms with Gasteiger partial charge in [-0.25, -0.2) is 0 Å². The minimum atomic E-state index is -0.133. The van der Waals surface area contributed by atoms with Gasteiger partial charge in [-0.15, -0.1) is 0 Å². The number of para-hydroxylation sites is 1. The Bertz CT molecular complexity index is 1210. The van der Waals surface area contributed by atoms with Gasteiger partial charge in [0.15, 0.2) is 5.43 Å². The molecule has 2 heterocycles. The van der Waals surface area contributed by atoms with Crippen molar-refractivity contribution in [2.24, 2.45) is 0 Å². The number of rotatable bonds is 6. The number of aromatic amines is 2. The monoisotopic (exact) mass is 438 g/mol. The molecule has 0 saturated heterocycles. The zero-order chi connectivity index (χ0) is 19.5. The van der Waals surface area contributed by atoms with E-state index < -0.39 is 0 Å². The van der Waals surface area contributed by atoms with Crippen molar-refractivity contribution in [1.29, 1.82) is 0 Å². The highest BCUT2D eigenvalue weighted by Crippen LogP contribution is 2.20. The third-order valence-corrected chi connectivity index (χ3v) is 5.01. The van der Waals surface area contributed by atoms with Crippen molar-refractivity contribution in [3.05, 3.63) is 75.0 Å². The van der Waals surface area contributed by atoms with Crippen LogP contribution >= 0.6 is 15.9 Å². The second-order valence-electron chi connectivity index (χ2n) is 6.54. The second kappa shape index (κ2) is 7.90. The number of fused-ring (bicyclic) bond motifs is 2. The van der Waals surface area contributed by atoms with Gasteiger partial charge in [-0.1, -0.05) is 28.1 Å². The maximum absolute atomic E-state index is 12.3. The van der Waals surface area contributed by atoms with Crippen LogP contribution in [0.15, 0.2) is 63.9 Å². The lowest BCUT2D eigenvalue weighted by Crippen LogP contribution is -2.26. The van der Waals surface area contributed by atoms with Crippen LogP contribution < -0.4 is 16.1 Å². The summed E-state index contributed by atoms with van der Waals surface area (Å²) in [5, 5.41) is 7.77. The van der Waals surface area contributed by atoms with E-state index in [0.717, 1.165) is 27.3 Å². The van der Waals surface area contributed by atoms with Crippen molar-refractivity contribution in [2.45, 2.75) is 6.42 Å². The van der Waals surface area contributed by atoms with Crippen molar-refractivity contribution in [3.8, 4) is 0 Å². The van der Waals surface area contributed by atoms with E-state index in [0.29, 0.717) is 30.0 Å². The van der Waals surface area contributed by atoms with Crippen LogP contribution in [0.1, 0.15) is 16.9 Å². The number of halogens is 1. The molecule has 0 spiro atoms. The molecule has 0 aliphatic heterocycles. The van der Waals surface area contributed by atoms with Gasteiger partial charge in [0.2, 0.25) is 0 Å². The molecule has 0 atom stereocenters. The molecule has 0 radical (unpaired) electrons. The summed E-state index contributed by atoms with van der Waals surface area (Å²) in [7, 11) is 0. The predicted octanol–water partition coefficient (Wildman–Crippen LogP) is 4.00. The van der Waals surface area contributed by atoms with Crippen LogP contribution in [0, 0.1) is 0 Å². The smallest absolute Gasteiger partial charge is 0.267 e. The summed E-state index contributed by atoms with van der Waals surface area (Å²) in [6.07, 6.45) is 0.729. The van der Waals surface area contributed by atoms with Crippen molar-refractivity contribution >= 4 is 49.5 Å². The van der Waals surface area contributed by atoms with Crippen molar-refractivity contribution in [2.75, 3.05) is 18.4 Å². The van der Waals surface area contributed by atoms with E-state index in [-0.39, 0.29) is 11.3 Å². The largest absolute Gasteiger partial charge is 0.371 e. The molecule has 0 aliphatic carbocycles. The fourth-order valence-corrected chi connectivity index (χ4v) is 3.51. The number of pyridine rings is 1. The Morgan fingerprint density at radius 3 is 2.71 bits per heavy atom. The maximum atomic E-state index is 12.3. The van der Waals surface area contributed by atoms with Gasteiger partial charge >= 0.3 is 0 Å². The van der Waals surface area contributed by atoms with Gasteiger partial charge in [-0.3, -0.25) is 9.59 Å². The zero-order valence-corrected chi connectivity index (χ0v) is 16.6. The summed E-state index contributed by atoms with van der Waals surface area (Å²) in [5.74, 6) is 0.544. The molecular weight excluding hydrogens is 420 g/mol. The number of benzene rings is 2. The summed E-state index contributed by atoms with van der Waals surface area (Å²) < 4.78 is 0.976. The Labute approximate surface area is 169 Å². The van der Waals surface area contributed by atoms with Crippen molar-refractivity contribution in [3.63, 3.8) is 0 Å². The molecule has 7 heteroatoms. The average molecular weight is 439 g/mol. The topological polar surface area (TPSA) is 89.8 Å². The summed E-state index contributed by atoms with van der Waals surface area (Å²) in [5.41, 5.74) is 2.25. The van der Waals surface area contributed by atoms with E-state index in [1.165, 1.54) is 0 Å². The molecule has 4 N–H and O–H groups in total. The van der Waals surface area contributed by atoms with E-state index in [1.807, 2.05) is 42.5 Å². The van der Waals surface area contributed by atoms with Gasteiger partial charge < -0.3 is 20.6 Å². The quantitative estimate of drug-likeness (QED) is 0.343. The molecule has 1 amide bonds. The highest BCUT2D eigenvalue weighted by atomic mass is 79.9. The lowest BCUT2D eigenvalue weighted by atomic mass is 10.2. The number of hydrogen-bond donors (Lipinski definition) is 4. The highest BCUT2D eigenvalue weighted by molar-refractivity contribution is 9.10. The van der Waals surface area contributed by atoms with E-state index in [1.54, 1.807) is 12.1 Å². The third kappa shape index (κ3) is 3.94. The number of nitrogens with one attached hydrogen (secondary N) is 4. The third-order valence-electron chi connectivity index (χ3n) is 4.52. The summed E-state index contributed by atoms with van der Waals surface area (Å²) in [4.78, 5) is 30.7. The summed E-state index contributed by atoms with van der Waals surface area (Å²) >= 11 is 3.43. The molecule has 2 aromatic carbocycles. The number of aromatic nitrogens is 2. The number of anilines is 1. The lowest BCUT2D eigenvalue weighted by Gasteiger charge is -2.08. The lowest BCUT2D eigenvalue weighted by molar-refractivity contribution is 0.0949. The Balaban J connectivity index is 1.29. The van der Waals surface area contributed by atoms with E-state index >= 15 is 0 Å². The Morgan fingerprint density at radius 2 is 1.82 bits per heavy atom. The van der Waals surface area contributed by atoms with Gasteiger partial charge in [0.25, 0.3) is 5.91 Å². The standard InChI is InChI=1S/C21H19BrN4O2/c22-14-6-7-16-13(10-14)11-18(25-16)21(28)24-9-3-8-23-20-12-19(27)15-4-1-2-5-17(15)26-20/h1-2,4-7,10-12,25H,3,8-9H2,(H,24,28)(H2,23,26,27). The molecular formula is C21H19BrN4O2. The fourth-order valence-electron chi connectivity index (χ4n) is 3.13. The van der Waals surface area contributed by atoms with Crippen molar-refractivity contribution < 1.29 is 4.79 Å². The second-order valence-corrected chi connectivity index (χ2v) is 7.46. The summed E-state index contributed by atoms with van der Waals surface area (Å²) in [6, 6.07) is 16.7. The van der Waals surface area contributed by atoms with Gasteiger partial charge in [0, 0.05) is 39.9 Å². The van der Waals surface area contributed by atoms with Gasteiger partial charge in [-0.2, -0.15) is 0 Å². The number of amides is 1.